The smallest absolute Gasteiger partial charge is 0.340 e. The Morgan fingerprint density at radius 2 is 1.70 bits per heavy atom. The van der Waals surface area contributed by atoms with Gasteiger partial charge in [0.25, 0.3) is 11.5 Å². The van der Waals surface area contributed by atoms with Crippen molar-refractivity contribution < 1.29 is 19.1 Å². The molecule has 1 amide bonds. The highest BCUT2D eigenvalue weighted by atomic mass is 16.5. The molecule has 30 heavy (non-hydrogen) atoms. The third-order valence-corrected chi connectivity index (χ3v) is 4.26. The second-order valence-corrected chi connectivity index (χ2v) is 6.77. The third kappa shape index (κ3) is 4.57. The average Bonchev–Trinajstić information content (AvgIpc) is 2.74. The summed E-state index contributed by atoms with van der Waals surface area (Å²) in [4.78, 5) is 37.3. The summed E-state index contributed by atoms with van der Waals surface area (Å²) in [6, 6.07) is 14.0. The highest BCUT2D eigenvalue weighted by Gasteiger charge is 2.15. The summed E-state index contributed by atoms with van der Waals surface area (Å²) >= 11 is 0. The first-order chi connectivity index (χ1) is 14.4. The fourth-order valence-electron chi connectivity index (χ4n) is 2.95. The van der Waals surface area contributed by atoms with Gasteiger partial charge < -0.3 is 9.47 Å². The maximum Gasteiger partial charge on any atom is 0.340 e. The summed E-state index contributed by atoms with van der Waals surface area (Å²) in [7, 11) is 1.25. The summed E-state index contributed by atoms with van der Waals surface area (Å²) in [5.74, 6) is -0.501. The molecule has 2 aromatic carbocycles. The van der Waals surface area contributed by atoms with Crippen LogP contribution in [0.3, 0.4) is 0 Å². The van der Waals surface area contributed by atoms with E-state index in [1.165, 1.54) is 19.4 Å². The molecule has 7 nitrogen and oxygen atoms in total. The number of carbonyl (C=O) groups excluding carboxylic acids is 2. The summed E-state index contributed by atoms with van der Waals surface area (Å²) in [5.41, 5.74) is 2.93. The number of carbonyl (C=O) groups is 2. The van der Waals surface area contributed by atoms with Gasteiger partial charge in [-0.25, -0.2) is 9.47 Å². The molecule has 3 aromatic rings. The number of methoxy groups -OCH3 is 1. The number of hydrogen-bond acceptors (Lipinski definition) is 5. The van der Waals surface area contributed by atoms with Gasteiger partial charge in [0.15, 0.2) is 0 Å². The molecule has 1 N–H and O–H groups in total. The number of nitrogens with zero attached hydrogens (tertiary/aromatic N) is 1. The third-order valence-electron chi connectivity index (χ3n) is 4.26. The molecule has 7 heteroatoms. The molecule has 0 aliphatic rings. The lowest BCUT2D eigenvalue weighted by atomic mass is 10.1. The Balaban J connectivity index is 1.91. The van der Waals surface area contributed by atoms with Crippen LogP contribution in [0.2, 0.25) is 0 Å². The van der Waals surface area contributed by atoms with Crippen LogP contribution in [0, 0.1) is 0 Å². The number of fused-ring (bicyclic) bond motifs is 1. The monoisotopic (exact) mass is 406 g/mol. The summed E-state index contributed by atoms with van der Waals surface area (Å²) < 4.78 is 11.5. The van der Waals surface area contributed by atoms with E-state index in [1.807, 2.05) is 38.1 Å². The minimum absolute atomic E-state index is 0.0127. The average molecular weight is 406 g/mol. The zero-order valence-electron chi connectivity index (χ0n) is 16.9. The molecule has 0 saturated carbocycles. The number of pyridine rings is 1. The maximum absolute atomic E-state index is 12.7. The molecule has 0 unspecified atom stereocenters. The zero-order valence-corrected chi connectivity index (χ0v) is 16.9. The van der Waals surface area contributed by atoms with E-state index >= 15 is 0 Å². The Kier molecular flexibility index (Phi) is 6.32. The van der Waals surface area contributed by atoms with Crippen LogP contribution in [-0.2, 0) is 9.53 Å². The fraction of sp³-hybridized carbons (Fsp3) is 0.174. The first-order valence-electron chi connectivity index (χ1n) is 9.38. The van der Waals surface area contributed by atoms with Gasteiger partial charge in [-0.05, 0) is 32.1 Å². The molecule has 1 heterocycles. The Morgan fingerprint density at radius 1 is 1.03 bits per heavy atom. The van der Waals surface area contributed by atoms with Gasteiger partial charge in [-0.2, -0.15) is 0 Å². The SMILES string of the molecule is COC(=O)c1cn(NC(=O)C=Cc2ccccc2OC(C)C)c(=O)c2ccccc12. The molecule has 0 fully saturated rings. The number of rotatable bonds is 6. The van der Waals surface area contributed by atoms with Crippen LogP contribution in [0.1, 0.15) is 29.8 Å². The normalized spacial score (nSPS) is 11.1. The van der Waals surface area contributed by atoms with Gasteiger partial charge in [0.05, 0.1) is 18.8 Å². The van der Waals surface area contributed by atoms with Crippen LogP contribution in [0.15, 0.2) is 65.6 Å². The maximum atomic E-state index is 12.7. The van der Waals surface area contributed by atoms with E-state index in [9.17, 15) is 14.4 Å². The minimum Gasteiger partial charge on any atom is -0.490 e. The van der Waals surface area contributed by atoms with Gasteiger partial charge in [-0.1, -0.05) is 36.4 Å². The van der Waals surface area contributed by atoms with Crippen LogP contribution in [0.5, 0.6) is 5.75 Å². The summed E-state index contributed by atoms with van der Waals surface area (Å²) in [6.07, 6.45) is 4.14. The van der Waals surface area contributed by atoms with Crippen molar-refractivity contribution in [3.8, 4) is 5.75 Å². The van der Waals surface area contributed by atoms with Crippen molar-refractivity contribution in [3.63, 3.8) is 0 Å². The molecule has 0 spiro atoms. The molecular weight excluding hydrogens is 384 g/mol. The highest BCUT2D eigenvalue weighted by Crippen LogP contribution is 2.21. The predicted molar refractivity (Wildman–Crippen MR) is 115 cm³/mol. The van der Waals surface area contributed by atoms with Crippen molar-refractivity contribution >= 4 is 28.7 Å². The van der Waals surface area contributed by atoms with Crippen LogP contribution in [0.4, 0.5) is 0 Å². The molecule has 1 aromatic heterocycles. The van der Waals surface area contributed by atoms with Crippen LogP contribution >= 0.6 is 0 Å². The number of amides is 1. The van der Waals surface area contributed by atoms with Gasteiger partial charge in [0.1, 0.15) is 5.75 Å². The molecule has 0 atom stereocenters. The summed E-state index contributed by atoms with van der Waals surface area (Å²) in [5, 5.41) is 0.746. The number of para-hydroxylation sites is 1. The number of aromatic nitrogens is 1. The van der Waals surface area contributed by atoms with Crippen LogP contribution < -0.4 is 15.7 Å². The van der Waals surface area contributed by atoms with Gasteiger partial charge in [0.2, 0.25) is 0 Å². The van der Waals surface area contributed by atoms with Gasteiger partial charge >= 0.3 is 5.97 Å². The molecule has 3 rings (SSSR count). The van der Waals surface area contributed by atoms with Gasteiger partial charge in [0, 0.05) is 28.6 Å². The molecule has 154 valence electrons. The van der Waals surface area contributed by atoms with E-state index in [4.69, 9.17) is 9.47 Å². The predicted octanol–water partition coefficient (Wildman–Crippen LogP) is 3.36. The minimum atomic E-state index is -0.607. The second-order valence-electron chi connectivity index (χ2n) is 6.77. The van der Waals surface area contributed by atoms with Gasteiger partial charge in [-0.15, -0.1) is 0 Å². The van der Waals surface area contributed by atoms with E-state index in [2.05, 4.69) is 5.43 Å². The van der Waals surface area contributed by atoms with E-state index in [-0.39, 0.29) is 11.7 Å². The lowest BCUT2D eigenvalue weighted by molar-refractivity contribution is -0.112. The quantitative estimate of drug-likeness (QED) is 0.501. The number of benzene rings is 2. The van der Waals surface area contributed by atoms with Gasteiger partial charge in [-0.3, -0.25) is 15.0 Å². The highest BCUT2D eigenvalue weighted by molar-refractivity contribution is 6.04. The van der Waals surface area contributed by atoms with E-state index in [0.29, 0.717) is 16.5 Å². The molecule has 0 aliphatic heterocycles. The van der Waals surface area contributed by atoms with Crippen molar-refractivity contribution in [1.29, 1.82) is 0 Å². The topological polar surface area (TPSA) is 86.6 Å². The molecule has 0 radical (unpaired) electrons. The Morgan fingerprint density at radius 3 is 2.40 bits per heavy atom. The van der Waals surface area contributed by atoms with E-state index in [1.54, 1.807) is 30.3 Å². The van der Waals surface area contributed by atoms with Crippen molar-refractivity contribution in [2.75, 3.05) is 12.5 Å². The molecule has 0 bridgehead atoms. The standard InChI is InChI=1S/C23H22N2O5/c1-15(2)30-20-11-7-4-8-16(20)12-13-21(26)24-25-14-19(23(28)29-3)17-9-5-6-10-18(17)22(25)27/h4-15H,1-3H3,(H,24,26). The van der Waals surface area contributed by atoms with Crippen molar-refractivity contribution in [3.05, 3.63) is 82.3 Å². The van der Waals surface area contributed by atoms with Crippen LogP contribution in [0.25, 0.3) is 16.8 Å². The first kappa shape index (κ1) is 20.9. The molecular formula is C23H22N2O5. The van der Waals surface area contributed by atoms with Crippen molar-refractivity contribution in [1.82, 2.24) is 4.68 Å². The first-order valence-corrected chi connectivity index (χ1v) is 9.38. The molecule has 0 saturated heterocycles. The number of hydrogen-bond donors (Lipinski definition) is 1. The number of ether oxygens (including phenoxy) is 2. The number of esters is 1. The lowest BCUT2D eigenvalue weighted by Gasteiger charge is -2.12. The molecule has 0 aliphatic carbocycles. The fourth-order valence-corrected chi connectivity index (χ4v) is 2.95. The Labute approximate surface area is 173 Å². The zero-order chi connectivity index (χ0) is 21.7. The number of nitrogens with one attached hydrogen (secondary N) is 1. The summed E-state index contributed by atoms with van der Waals surface area (Å²) in [6.45, 7) is 3.83. The Bertz CT molecular complexity index is 1180. The Hall–Kier alpha value is -3.87. The lowest BCUT2D eigenvalue weighted by Crippen LogP contribution is -2.33. The van der Waals surface area contributed by atoms with E-state index in [0.717, 1.165) is 10.2 Å². The van der Waals surface area contributed by atoms with E-state index < -0.39 is 17.4 Å². The van der Waals surface area contributed by atoms with Crippen molar-refractivity contribution in [2.45, 2.75) is 20.0 Å². The largest absolute Gasteiger partial charge is 0.490 e. The van der Waals surface area contributed by atoms with Crippen LogP contribution in [-0.4, -0.2) is 29.8 Å². The second kappa shape index (κ2) is 9.09. The van der Waals surface area contributed by atoms with Crippen molar-refractivity contribution in [2.24, 2.45) is 0 Å².